The number of halogens is 3. The summed E-state index contributed by atoms with van der Waals surface area (Å²) in [7, 11) is 0. The molecule has 0 spiro atoms. The first-order chi connectivity index (χ1) is 4.47. The minimum Gasteiger partial charge on any atom is -0.241 e. The number of pyridine rings is 1. The Labute approximate surface area is 89.2 Å². The summed E-state index contributed by atoms with van der Waals surface area (Å²) in [5.41, 5.74) is 1.14. The molecule has 68 valence electrons. The summed E-state index contributed by atoms with van der Waals surface area (Å²) in [4.78, 5) is 0. The highest BCUT2D eigenvalue weighted by atomic mass is 35.5. The van der Waals surface area contributed by atoms with E-state index in [2.05, 4.69) is 5.10 Å². The van der Waals surface area contributed by atoms with Crippen LogP contribution in [0.5, 0.6) is 0 Å². The molecule has 0 amide bonds. The van der Waals surface area contributed by atoms with Crippen molar-refractivity contribution >= 4 is 42.7 Å². The van der Waals surface area contributed by atoms with Gasteiger partial charge in [-0.05, 0) is 18.2 Å². The van der Waals surface area contributed by atoms with Crippen molar-refractivity contribution in [3.63, 3.8) is 0 Å². The average molecular weight is 228 g/mol. The van der Waals surface area contributed by atoms with Crippen LogP contribution in [0.15, 0.2) is 36.7 Å². The zero-order valence-corrected chi connectivity index (χ0v) is 8.53. The van der Waals surface area contributed by atoms with Gasteiger partial charge in [0.25, 0.3) is 0 Å². The Hall–Kier alpha value is -0.440. The van der Waals surface area contributed by atoms with Crippen LogP contribution < -0.4 is 0 Å². The van der Waals surface area contributed by atoms with Crippen LogP contribution in [0.3, 0.4) is 0 Å². The van der Waals surface area contributed by atoms with Gasteiger partial charge in [0.2, 0.25) is 0 Å². The molecule has 0 atom stereocenters. The highest BCUT2D eigenvalue weighted by molar-refractivity contribution is 5.86. The lowest BCUT2D eigenvalue weighted by atomic mass is 10.4. The Balaban J connectivity index is 0. The fourth-order valence-electron chi connectivity index (χ4n) is 0.866. The van der Waals surface area contributed by atoms with Crippen LogP contribution in [0, 0.1) is 0 Å². The van der Waals surface area contributed by atoms with Crippen LogP contribution >= 0.6 is 37.2 Å². The molecule has 0 radical (unpaired) electrons. The minimum absolute atomic E-state index is 0. The molecule has 0 saturated carbocycles. The van der Waals surface area contributed by atoms with Crippen LogP contribution in [0.25, 0.3) is 5.52 Å². The second kappa shape index (κ2) is 6.12. The maximum absolute atomic E-state index is 4.04. The quantitative estimate of drug-likeness (QED) is 0.676. The monoisotopic (exact) mass is 226 g/mol. The Morgan fingerprint density at radius 2 is 1.75 bits per heavy atom. The Kier molecular flexibility index (Phi) is 7.19. The molecule has 12 heavy (non-hydrogen) atoms. The van der Waals surface area contributed by atoms with Gasteiger partial charge in [0.15, 0.2) is 0 Å². The lowest BCUT2D eigenvalue weighted by Gasteiger charge is -1.86. The third-order valence-corrected chi connectivity index (χ3v) is 1.31. The molecule has 0 N–H and O–H groups in total. The van der Waals surface area contributed by atoms with Gasteiger partial charge >= 0.3 is 0 Å². The summed E-state index contributed by atoms with van der Waals surface area (Å²) < 4.78 is 1.83. The highest BCUT2D eigenvalue weighted by Crippen LogP contribution is 1.98. The first-order valence-electron chi connectivity index (χ1n) is 2.85. The van der Waals surface area contributed by atoms with Crippen LogP contribution in [0.2, 0.25) is 0 Å². The van der Waals surface area contributed by atoms with Crippen molar-refractivity contribution in [2.24, 2.45) is 0 Å². The first-order valence-corrected chi connectivity index (χ1v) is 2.85. The smallest absolute Gasteiger partial charge is 0.0661 e. The normalized spacial score (nSPS) is 7.67. The van der Waals surface area contributed by atoms with Gasteiger partial charge in [0, 0.05) is 12.4 Å². The van der Waals surface area contributed by atoms with Gasteiger partial charge in [-0.1, -0.05) is 6.07 Å². The van der Waals surface area contributed by atoms with Gasteiger partial charge in [0.1, 0.15) is 0 Å². The second-order valence-electron chi connectivity index (χ2n) is 1.90. The zero-order valence-electron chi connectivity index (χ0n) is 6.08. The molecular formula is C7H9Cl3N2. The first kappa shape index (κ1) is 14.1. The SMILES string of the molecule is Cl.Cl.Cl.c1ccn2nccc2c1. The van der Waals surface area contributed by atoms with E-state index < -0.39 is 0 Å². The Morgan fingerprint density at radius 1 is 1.00 bits per heavy atom. The Bertz CT molecular complexity index is 291. The molecule has 2 aromatic heterocycles. The molecule has 2 rings (SSSR count). The van der Waals surface area contributed by atoms with E-state index in [9.17, 15) is 0 Å². The average Bonchev–Trinajstić information content (AvgIpc) is 2.33. The molecule has 0 aliphatic heterocycles. The number of aromatic nitrogens is 2. The molecule has 2 nitrogen and oxygen atoms in total. The van der Waals surface area contributed by atoms with Gasteiger partial charge in [-0.15, -0.1) is 37.2 Å². The van der Waals surface area contributed by atoms with E-state index in [0.29, 0.717) is 0 Å². The van der Waals surface area contributed by atoms with Crippen LogP contribution in [0.1, 0.15) is 0 Å². The van der Waals surface area contributed by atoms with E-state index in [1.807, 2.05) is 35.0 Å². The van der Waals surface area contributed by atoms with E-state index in [-0.39, 0.29) is 37.2 Å². The summed E-state index contributed by atoms with van der Waals surface area (Å²) >= 11 is 0. The van der Waals surface area contributed by atoms with Crippen LogP contribution in [-0.4, -0.2) is 9.61 Å². The predicted molar refractivity (Wildman–Crippen MR) is 56.9 cm³/mol. The number of nitrogens with zero attached hydrogens (tertiary/aromatic N) is 2. The van der Waals surface area contributed by atoms with Gasteiger partial charge < -0.3 is 0 Å². The summed E-state index contributed by atoms with van der Waals surface area (Å²) in [6.07, 6.45) is 3.71. The molecule has 0 aliphatic carbocycles. The maximum Gasteiger partial charge on any atom is 0.0661 e. The van der Waals surface area contributed by atoms with Crippen molar-refractivity contribution in [3.05, 3.63) is 36.7 Å². The second-order valence-corrected chi connectivity index (χ2v) is 1.90. The third kappa shape index (κ3) is 2.55. The van der Waals surface area contributed by atoms with Crippen molar-refractivity contribution in [1.29, 1.82) is 0 Å². The number of hydrogen-bond donors (Lipinski definition) is 0. The molecule has 0 bridgehead atoms. The van der Waals surface area contributed by atoms with E-state index in [1.54, 1.807) is 6.20 Å². The van der Waals surface area contributed by atoms with Gasteiger partial charge in [0.05, 0.1) is 5.52 Å². The molecule has 0 aliphatic rings. The summed E-state index contributed by atoms with van der Waals surface area (Å²) in [5, 5.41) is 4.04. The topological polar surface area (TPSA) is 17.3 Å². The molecule has 0 fully saturated rings. The van der Waals surface area contributed by atoms with Crippen LogP contribution in [0.4, 0.5) is 0 Å². The molecule has 0 saturated heterocycles. The number of rotatable bonds is 0. The molecule has 0 unspecified atom stereocenters. The van der Waals surface area contributed by atoms with Gasteiger partial charge in [-0.2, -0.15) is 5.10 Å². The van der Waals surface area contributed by atoms with Gasteiger partial charge in [-0.3, -0.25) is 0 Å². The van der Waals surface area contributed by atoms with Crippen molar-refractivity contribution < 1.29 is 0 Å². The zero-order chi connectivity index (χ0) is 6.10. The van der Waals surface area contributed by atoms with Crippen molar-refractivity contribution in [2.45, 2.75) is 0 Å². The van der Waals surface area contributed by atoms with Crippen molar-refractivity contribution in [2.75, 3.05) is 0 Å². The van der Waals surface area contributed by atoms with Gasteiger partial charge in [-0.25, -0.2) is 4.52 Å². The predicted octanol–water partition coefficient (Wildman–Crippen LogP) is 2.60. The summed E-state index contributed by atoms with van der Waals surface area (Å²) in [6.45, 7) is 0. The molecule has 2 heterocycles. The standard InChI is InChI=1S/C7H6N2.3ClH/c1-2-6-9-7(3-1)4-5-8-9;;;/h1-6H;3*1H. The number of hydrogen-bond acceptors (Lipinski definition) is 1. The van der Waals surface area contributed by atoms with Crippen LogP contribution in [-0.2, 0) is 0 Å². The fourth-order valence-corrected chi connectivity index (χ4v) is 0.866. The maximum atomic E-state index is 4.04. The third-order valence-electron chi connectivity index (χ3n) is 1.31. The minimum atomic E-state index is 0. The molecule has 5 heteroatoms. The van der Waals surface area contributed by atoms with E-state index >= 15 is 0 Å². The molecule has 0 aromatic carbocycles. The highest BCUT2D eigenvalue weighted by Gasteiger charge is 1.85. The largest absolute Gasteiger partial charge is 0.241 e. The fraction of sp³-hybridized carbons (Fsp3) is 0. The van der Waals surface area contributed by atoms with Crippen molar-refractivity contribution in [3.8, 4) is 0 Å². The molecule has 2 aromatic rings. The summed E-state index contributed by atoms with van der Waals surface area (Å²) in [5.74, 6) is 0. The molecular weight excluding hydrogens is 218 g/mol. The lowest BCUT2D eigenvalue weighted by Crippen LogP contribution is -1.81. The van der Waals surface area contributed by atoms with E-state index in [4.69, 9.17) is 0 Å². The van der Waals surface area contributed by atoms with E-state index in [0.717, 1.165) is 5.52 Å². The Morgan fingerprint density at radius 3 is 2.42 bits per heavy atom. The van der Waals surface area contributed by atoms with Crippen molar-refractivity contribution in [1.82, 2.24) is 9.61 Å². The number of fused-ring (bicyclic) bond motifs is 1. The van der Waals surface area contributed by atoms with E-state index in [1.165, 1.54) is 0 Å². The summed E-state index contributed by atoms with van der Waals surface area (Å²) in [6, 6.07) is 7.95. The lowest BCUT2D eigenvalue weighted by molar-refractivity contribution is 0.961.